The molecular weight excluding hydrogens is 268 g/mol. The van der Waals surface area contributed by atoms with Gasteiger partial charge in [0, 0.05) is 18.8 Å². The van der Waals surface area contributed by atoms with E-state index in [4.69, 9.17) is 5.11 Å². The van der Waals surface area contributed by atoms with Crippen LogP contribution in [-0.4, -0.2) is 35.1 Å². The number of rotatable bonds is 4. The molecular formula is C16H24N2O3. The summed E-state index contributed by atoms with van der Waals surface area (Å²) in [5, 5.41) is 11.5. The molecule has 116 valence electrons. The minimum Gasteiger partial charge on any atom is -0.481 e. The Kier molecular flexibility index (Phi) is 5.35. The molecule has 0 bridgehead atoms. The molecule has 1 aromatic carbocycles. The zero-order valence-corrected chi connectivity index (χ0v) is 13.3. The molecule has 0 aliphatic carbocycles. The van der Waals surface area contributed by atoms with E-state index in [1.807, 2.05) is 6.92 Å². The Balaban J connectivity index is 2.68. The average Bonchev–Trinajstić information content (AvgIpc) is 2.37. The van der Waals surface area contributed by atoms with Gasteiger partial charge < -0.3 is 15.3 Å². The van der Waals surface area contributed by atoms with Crippen LogP contribution in [0.2, 0.25) is 0 Å². The van der Waals surface area contributed by atoms with Crippen LogP contribution in [0, 0.1) is 5.41 Å². The van der Waals surface area contributed by atoms with Crippen molar-refractivity contribution in [3.8, 4) is 0 Å². The number of anilines is 1. The van der Waals surface area contributed by atoms with E-state index in [0.717, 1.165) is 0 Å². The molecule has 0 aliphatic rings. The van der Waals surface area contributed by atoms with Crippen molar-refractivity contribution in [2.45, 2.75) is 40.2 Å². The van der Waals surface area contributed by atoms with Gasteiger partial charge in [-0.15, -0.1) is 0 Å². The van der Waals surface area contributed by atoms with Gasteiger partial charge in [0.25, 0.3) is 0 Å². The number of carbonyl (C=O) groups is 2. The minimum absolute atomic E-state index is 0.00254. The molecule has 0 heterocycles. The van der Waals surface area contributed by atoms with Crippen LogP contribution in [0.5, 0.6) is 0 Å². The summed E-state index contributed by atoms with van der Waals surface area (Å²) in [5.74, 6) is -0.870. The first kappa shape index (κ1) is 17.0. The summed E-state index contributed by atoms with van der Waals surface area (Å²) in [5.41, 5.74) is 1.36. The zero-order chi connectivity index (χ0) is 16.2. The number of carboxylic acids is 1. The highest BCUT2D eigenvalue weighted by atomic mass is 16.4. The fraction of sp³-hybridized carbons (Fsp3) is 0.500. The van der Waals surface area contributed by atoms with Crippen LogP contribution in [0.25, 0.3) is 0 Å². The number of aliphatic carboxylic acids is 1. The Labute approximate surface area is 126 Å². The summed E-state index contributed by atoms with van der Waals surface area (Å²) < 4.78 is 0. The molecule has 0 saturated heterocycles. The maximum atomic E-state index is 12.2. The molecule has 1 unspecified atom stereocenters. The van der Waals surface area contributed by atoms with Crippen molar-refractivity contribution in [3.63, 3.8) is 0 Å². The molecule has 1 atom stereocenters. The lowest BCUT2D eigenvalue weighted by molar-refractivity contribution is -0.136. The van der Waals surface area contributed by atoms with Gasteiger partial charge in [0.05, 0.1) is 6.42 Å². The van der Waals surface area contributed by atoms with E-state index in [1.54, 1.807) is 36.2 Å². The van der Waals surface area contributed by atoms with E-state index in [1.165, 1.54) is 0 Å². The van der Waals surface area contributed by atoms with Gasteiger partial charge in [-0.05, 0) is 30.0 Å². The lowest BCUT2D eigenvalue weighted by Crippen LogP contribution is -2.44. The molecule has 5 heteroatoms. The van der Waals surface area contributed by atoms with Gasteiger partial charge in [-0.1, -0.05) is 32.9 Å². The number of carbonyl (C=O) groups excluding carboxylic acids is 1. The normalized spacial score (nSPS) is 12.6. The summed E-state index contributed by atoms with van der Waals surface area (Å²) in [6.07, 6.45) is -0.0187. The van der Waals surface area contributed by atoms with E-state index < -0.39 is 5.97 Å². The highest BCUT2D eigenvalue weighted by Gasteiger charge is 2.26. The number of nitrogens with zero attached hydrogens (tertiary/aromatic N) is 1. The number of urea groups is 1. The highest BCUT2D eigenvalue weighted by molar-refractivity contribution is 5.89. The lowest BCUT2D eigenvalue weighted by Gasteiger charge is -2.35. The molecule has 0 fully saturated rings. The minimum atomic E-state index is -0.870. The molecule has 0 radical (unpaired) electrons. The fourth-order valence-corrected chi connectivity index (χ4v) is 1.85. The first-order valence-electron chi connectivity index (χ1n) is 6.96. The molecule has 0 saturated carbocycles. The predicted molar refractivity (Wildman–Crippen MR) is 83.5 cm³/mol. The van der Waals surface area contributed by atoms with Gasteiger partial charge in [0.15, 0.2) is 0 Å². The number of amides is 2. The van der Waals surface area contributed by atoms with Crippen molar-refractivity contribution < 1.29 is 14.7 Å². The third-order valence-electron chi connectivity index (χ3n) is 3.72. The zero-order valence-electron chi connectivity index (χ0n) is 13.3. The summed E-state index contributed by atoms with van der Waals surface area (Å²) in [6.45, 7) is 8.27. The maximum Gasteiger partial charge on any atom is 0.321 e. The molecule has 2 N–H and O–H groups in total. The largest absolute Gasteiger partial charge is 0.481 e. The van der Waals surface area contributed by atoms with Crippen LogP contribution in [0.3, 0.4) is 0 Å². The molecule has 21 heavy (non-hydrogen) atoms. The molecule has 5 nitrogen and oxygen atoms in total. The van der Waals surface area contributed by atoms with Crippen LogP contribution in [-0.2, 0) is 11.2 Å². The number of nitrogens with one attached hydrogen (secondary N) is 1. The fourth-order valence-electron chi connectivity index (χ4n) is 1.85. The highest BCUT2D eigenvalue weighted by Crippen LogP contribution is 2.23. The third-order valence-corrected chi connectivity index (χ3v) is 3.72. The van der Waals surface area contributed by atoms with Gasteiger partial charge >= 0.3 is 12.0 Å². The van der Waals surface area contributed by atoms with Gasteiger partial charge in [0.2, 0.25) is 0 Å². The predicted octanol–water partition coefficient (Wildman–Crippen LogP) is 3.21. The monoisotopic (exact) mass is 292 g/mol. The number of hydrogen-bond acceptors (Lipinski definition) is 2. The first-order valence-corrected chi connectivity index (χ1v) is 6.96. The second-order valence-electron chi connectivity index (χ2n) is 6.35. The molecule has 2 amide bonds. The number of hydrogen-bond donors (Lipinski definition) is 2. The Hall–Kier alpha value is -2.04. The molecule has 0 spiro atoms. The van der Waals surface area contributed by atoms with E-state index in [9.17, 15) is 9.59 Å². The topological polar surface area (TPSA) is 69.6 Å². The van der Waals surface area contributed by atoms with Crippen molar-refractivity contribution >= 4 is 17.7 Å². The van der Waals surface area contributed by atoms with Crippen LogP contribution in [0.4, 0.5) is 10.5 Å². The van der Waals surface area contributed by atoms with Crippen LogP contribution in [0.1, 0.15) is 33.3 Å². The summed E-state index contributed by atoms with van der Waals surface area (Å²) in [4.78, 5) is 24.5. The molecule has 0 aromatic heterocycles. The number of carboxylic acid groups (broad SMARTS) is 1. The van der Waals surface area contributed by atoms with Crippen molar-refractivity contribution in [3.05, 3.63) is 29.8 Å². The average molecular weight is 292 g/mol. The van der Waals surface area contributed by atoms with Crippen molar-refractivity contribution in [1.29, 1.82) is 0 Å². The smallest absolute Gasteiger partial charge is 0.321 e. The SMILES string of the molecule is CC(N(C)C(=O)Nc1ccc(CC(=O)O)cc1)C(C)(C)C. The van der Waals surface area contributed by atoms with E-state index >= 15 is 0 Å². The van der Waals surface area contributed by atoms with E-state index in [0.29, 0.717) is 11.3 Å². The second kappa shape index (κ2) is 6.61. The van der Waals surface area contributed by atoms with Gasteiger partial charge in [-0.2, -0.15) is 0 Å². The van der Waals surface area contributed by atoms with Crippen molar-refractivity contribution in [1.82, 2.24) is 4.90 Å². The van der Waals surface area contributed by atoms with Crippen molar-refractivity contribution in [2.24, 2.45) is 5.41 Å². The maximum absolute atomic E-state index is 12.2. The Bertz CT molecular complexity index is 503. The molecule has 1 rings (SSSR count). The summed E-state index contributed by atoms with van der Waals surface area (Å²) in [7, 11) is 1.77. The first-order chi connectivity index (χ1) is 9.61. The number of benzene rings is 1. The molecule has 1 aromatic rings. The Morgan fingerprint density at radius 1 is 1.24 bits per heavy atom. The van der Waals surface area contributed by atoms with Gasteiger partial charge in [-0.3, -0.25) is 4.79 Å². The standard InChI is InChI=1S/C16H24N2O3/c1-11(16(2,3)4)18(5)15(21)17-13-8-6-12(7-9-13)10-14(19)20/h6-9,11H,10H2,1-5H3,(H,17,21)(H,19,20). The van der Waals surface area contributed by atoms with E-state index in [-0.39, 0.29) is 23.9 Å². The lowest BCUT2D eigenvalue weighted by atomic mass is 9.87. The second-order valence-corrected chi connectivity index (χ2v) is 6.35. The van der Waals surface area contributed by atoms with Gasteiger partial charge in [-0.25, -0.2) is 4.79 Å². The summed E-state index contributed by atoms with van der Waals surface area (Å²) in [6, 6.07) is 6.75. The van der Waals surface area contributed by atoms with E-state index in [2.05, 4.69) is 26.1 Å². The third kappa shape index (κ3) is 5.10. The van der Waals surface area contributed by atoms with Gasteiger partial charge in [0.1, 0.15) is 0 Å². The Morgan fingerprint density at radius 2 is 1.76 bits per heavy atom. The van der Waals surface area contributed by atoms with Crippen molar-refractivity contribution in [2.75, 3.05) is 12.4 Å². The summed E-state index contributed by atoms with van der Waals surface area (Å²) >= 11 is 0. The van der Waals surface area contributed by atoms with Crippen LogP contribution in [0.15, 0.2) is 24.3 Å². The quantitative estimate of drug-likeness (QED) is 0.895. The van der Waals surface area contributed by atoms with Crippen LogP contribution >= 0.6 is 0 Å². The van der Waals surface area contributed by atoms with Crippen LogP contribution < -0.4 is 5.32 Å². The Morgan fingerprint density at radius 3 is 2.19 bits per heavy atom. The molecule has 0 aliphatic heterocycles.